The van der Waals surface area contributed by atoms with Crippen molar-refractivity contribution in [1.82, 2.24) is 15.3 Å². The van der Waals surface area contributed by atoms with Gasteiger partial charge in [-0.1, -0.05) is 0 Å². The maximum Gasteiger partial charge on any atom is 0.157 e. The number of hydrogen-bond acceptors (Lipinski definition) is 4. The second kappa shape index (κ2) is 4.11. The van der Waals surface area contributed by atoms with Crippen molar-refractivity contribution in [2.75, 3.05) is 6.61 Å². The molecule has 1 N–H and O–H groups in total. The van der Waals surface area contributed by atoms with Crippen molar-refractivity contribution >= 4 is 0 Å². The van der Waals surface area contributed by atoms with Gasteiger partial charge in [0.25, 0.3) is 0 Å². The Kier molecular flexibility index (Phi) is 2.61. The second-order valence-electron chi connectivity index (χ2n) is 4.52. The van der Waals surface area contributed by atoms with E-state index in [1.54, 1.807) is 0 Å². The van der Waals surface area contributed by atoms with E-state index < -0.39 is 0 Å². The zero-order valence-corrected chi connectivity index (χ0v) is 9.57. The summed E-state index contributed by atoms with van der Waals surface area (Å²) in [5.74, 6) is 1.53. The SMILES string of the molecule is CCOC(c1ncc2c(n1)CNC2)C1CC1. The average Bonchev–Trinajstić information content (AvgIpc) is 3.03. The lowest BCUT2D eigenvalue weighted by molar-refractivity contribution is 0.0399. The van der Waals surface area contributed by atoms with Gasteiger partial charge in [-0.3, -0.25) is 0 Å². The van der Waals surface area contributed by atoms with Gasteiger partial charge in [0, 0.05) is 31.5 Å². The van der Waals surface area contributed by atoms with E-state index in [0.29, 0.717) is 5.92 Å². The molecule has 1 saturated carbocycles. The molecule has 1 fully saturated rings. The summed E-state index contributed by atoms with van der Waals surface area (Å²) < 4.78 is 5.77. The molecule has 0 saturated heterocycles. The molecule has 3 rings (SSSR count). The molecule has 86 valence electrons. The van der Waals surface area contributed by atoms with Crippen LogP contribution in [0, 0.1) is 5.92 Å². The topological polar surface area (TPSA) is 47.0 Å². The van der Waals surface area contributed by atoms with E-state index in [2.05, 4.69) is 15.3 Å². The molecule has 4 nitrogen and oxygen atoms in total. The Labute approximate surface area is 95.4 Å². The molecule has 1 aromatic heterocycles. The van der Waals surface area contributed by atoms with Crippen LogP contribution in [0.5, 0.6) is 0 Å². The van der Waals surface area contributed by atoms with Crippen LogP contribution in [0.4, 0.5) is 0 Å². The maximum atomic E-state index is 5.77. The molecule has 1 aromatic rings. The van der Waals surface area contributed by atoms with Crippen molar-refractivity contribution in [3.63, 3.8) is 0 Å². The van der Waals surface area contributed by atoms with Crippen molar-refractivity contribution in [2.24, 2.45) is 5.92 Å². The van der Waals surface area contributed by atoms with E-state index in [9.17, 15) is 0 Å². The Balaban J connectivity index is 1.86. The lowest BCUT2D eigenvalue weighted by Gasteiger charge is -2.15. The lowest BCUT2D eigenvalue weighted by Crippen LogP contribution is -2.12. The van der Waals surface area contributed by atoms with Gasteiger partial charge < -0.3 is 10.1 Å². The summed E-state index contributed by atoms with van der Waals surface area (Å²) in [7, 11) is 0. The zero-order valence-electron chi connectivity index (χ0n) is 9.57. The average molecular weight is 219 g/mol. The molecule has 2 heterocycles. The molecular weight excluding hydrogens is 202 g/mol. The highest BCUT2D eigenvalue weighted by atomic mass is 16.5. The smallest absolute Gasteiger partial charge is 0.157 e. The summed E-state index contributed by atoms with van der Waals surface area (Å²) in [5.41, 5.74) is 2.38. The Morgan fingerprint density at radius 2 is 2.38 bits per heavy atom. The lowest BCUT2D eigenvalue weighted by atomic mass is 10.2. The molecule has 0 radical (unpaired) electrons. The number of fused-ring (bicyclic) bond motifs is 1. The molecule has 0 bridgehead atoms. The first-order chi connectivity index (χ1) is 7.88. The normalized spacial score (nSPS) is 20.8. The summed E-state index contributed by atoms with van der Waals surface area (Å²) in [6.07, 6.45) is 4.58. The third kappa shape index (κ3) is 1.83. The van der Waals surface area contributed by atoms with Crippen LogP contribution in [-0.2, 0) is 17.8 Å². The molecule has 1 aliphatic carbocycles. The molecule has 1 atom stereocenters. The third-order valence-electron chi connectivity index (χ3n) is 3.23. The maximum absolute atomic E-state index is 5.77. The molecular formula is C12H17N3O. The second-order valence-corrected chi connectivity index (χ2v) is 4.52. The standard InChI is InChI=1S/C12H17N3O/c1-2-16-11(8-3-4-8)12-14-6-9-5-13-7-10(9)15-12/h6,8,11,13H,2-5,7H2,1H3. The van der Waals surface area contributed by atoms with Crippen LogP contribution in [0.15, 0.2) is 6.20 Å². The third-order valence-corrected chi connectivity index (χ3v) is 3.23. The molecule has 0 aromatic carbocycles. The highest BCUT2D eigenvalue weighted by Crippen LogP contribution is 2.42. The van der Waals surface area contributed by atoms with E-state index in [1.165, 1.54) is 18.4 Å². The Hall–Kier alpha value is -1.00. The summed E-state index contributed by atoms with van der Waals surface area (Å²) in [6, 6.07) is 0. The minimum absolute atomic E-state index is 0.121. The fourth-order valence-corrected chi connectivity index (χ4v) is 2.21. The Morgan fingerprint density at radius 1 is 1.50 bits per heavy atom. The predicted molar refractivity (Wildman–Crippen MR) is 59.7 cm³/mol. The molecule has 1 unspecified atom stereocenters. The van der Waals surface area contributed by atoms with Crippen molar-refractivity contribution in [3.8, 4) is 0 Å². The summed E-state index contributed by atoms with van der Waals surface area (Å²) in [6.45, 7) is 4.54. The van der Waals surface area contributed by atoms with Gasteiger partial charge in [0.1, 0.15) is 6.10 Å². The summed E-state index contributed by atoms with van der Waals surface area (Å²) >= 11 is 0. The monoisotopic (exact) mass is 219 g/mol. The van der Waals surface area contributed by atoms with Crippen LogP contribution in [0.3, 0.4) is 0 Å². The van der Waals surface area contributed by atoms with E-state index in [0.717, 1.165) is 31.2 Å². The minimum atomic E-state index is 0.121. The molecule has 4 heteroatoms. The highest BCUT2D eigenvalue weighted by Gasteiger charge is 2.35. The Bertz CT molecular complexity index is 390. The number of hydrogen-bond donors (Lipinski definition) is 1. The molecule has 2 aliphatic rings. The zero-order chi connectivity index (χ0) is 11.0. The van der Waals surface area contributed by atoms with Gasteiger partial charge in [0.15, 0.2) is 5.82 Å². The van der Waals surface area contributed by atoms with E-state index in [-0.39, 0.29) is 6.10 Å². The van der Waals surface area contributed by atoms with Gasteiger partial charge in [0.05, 0.1) is 5.69 Å². The molecule has 0 spiro atoms. The number of ether oxygens (including phenoxy) is 1. The van der Waals surface area contributed by atoms with Crippen LogP contribution in [0.2, 0.25) is 0 Å². The largest absolute Gasteiger partial charge is 0.370 e. The molecule has 0 amide bonds. The van der Waals surface area contributed by atoms with Crippen LogP contribution in [0.1, 0.15) is 43.0 Å². The van der Waals surface area contributed by atoms with Gasteiger partial charge in [-0.05, 0) is 25.7 Å². The fraction of sp³-hybridized carbons (Fsp3) is 0.667. The van der Waals surface area contributed by atoms with Gasteiger partial charge in [-0.2, -0.15) is 0 Å². The van der Waals surface area contributed by atoms with Crippen LogP contribution in [0.25, 0.3) is 0 Å². The summed E-state index contributed by atoms with van der Waals surface area (Å²) in [5, 5.41) is 3.29. The first kappa shape index (κ1) is 10.2. The van der Waals surface area contributed by atoms with Crippen molar-refractivity contribution in [1.29, 1.82) is 0 Å². The van der Waals surface area contributed by atoms with Gasteiger partial charge in [-0.25, -0.2) is 9.97 Å². The number of rotatable bonds is 4. The van der Waals surface area contributed by atoms with E-state index >= 15 is 0 Å². The van der Waals surface area contributed by atoms with Gasteiger partial charge in [-0.15, -0.1) is 0 Å². The van der Waals surface area contributed by atoms with E-state index in [1.807, 2.05) is 13.1 Å². The quantitative estimate of drug-likeness (QED) is 0.835. The number of nitrogens with zero attached hydrogens (tertiary/aromatic N) is 2. The molecule has 16 heavy (non-hydrogen) atoms. The first-order valence-electron chi connectivity index (χ1n) is 6.05. The highest BCUT2D eigenvalue weighted by molar-refractivity contribution is 5.22. The van der Waals surface area contributed by atoms with Crippen LogP contribution < -0.4 is 5.32 Å². The molecule has 1 aliphatic heterocycles. The van der Waals surface area contributed by atoms with E-state index in [4.69, 9.17) is 4.74 Å². The van der Waals surface area contributed by atoms with Crippen LogP contribution >= 0.6 is 0 Å². The van der Waals surface area contributed by atoms with Crippen molar-refractivity contribution in [3.05, 3.63) is 23.3 Å². The van der Waals surface area contributed by atoms with Gasteiger partial charge in [0.2, 0.25) is 0 Å². The summed E-state index contributed by atoms with van der Waals surface area (Å²) in [4.78, 5) is 9.09. The van der Waals surface area contributed by atoms with Crippen molar-refractivity contribution < 1.29 is 4.74 Å². The fourth-order valence-electron chi connectivity index (χ4n) is 2.21. The number of nitrogens with one attached hydrogen (secondary N) is 1. The van der Waals surface area contributed by atoms with Crippen LogP contribution in [-0.4, -0.2) is 16.6 Å². The predicted octanol–water partition coefficient (Wildman–Crippen LogP) is 1.57. The van der Waals surface area contributed by atoms with Gasteiger partial charge >= 0.3 is 0 Å². The number of aromatic nitrogens is 2. The van der Waals surface area contributed by atoms with Crippen molar-refractivity contribution in [2.45, 2.75) is 39.0 Å². The minimum Gasteiger partial charge on any atom is -0.370 e. The first-order valence-corrected chi connectivity index (χ1v) is 6.05. The Morgan fingerprint density at radius 3 is 3.12 bits per heavy atom.